The summed E-state index contributed by atoms with van der Waals surface area (Å²) < 4.78 is 20.6. The fourth-order valence-corrected chi connectivity index (χ4v) is 2.62. The van der Waals surface area contributed by atoms with Crippen LogP contribution in [0.3, 0.4) is 0 Å². The average Bonchev–Trinajstić information content (AvgIpc) is 3.21. The van der Waals surface area contributed by atoms with Gasteiger partial charge in [-0.1, -0.05) is 18.2 Å². The first kappa shape index (κ1) is 18.6. The van der Waals surface area contributed by atoms with Crippen LogP contribution in [0, 0.1) is 5.82 Å². The molecule has 0 aliphatic carbocycles. The van der Waals surface area contributed by atoms with Gasteiger partial charge in [0.15, 0.2) is 0 Å². The first-order valence-electron chi connectivity index (χ1n) is 8.92. The summed E-state index contributed by atoms with van der Waals surface area (Å²) in [5.74, 6) is 0.208. The number of ether oxygens (including phenoxy) is 1. The van der Waals surface area contributed by atoms with Gasteiger partial charge in [0, 0.05) is 31.0 Å². The number of halogens is 1. The number of hydrogen-bond acceptors (Lipinski definition) is 3. The van der Waals surface area contributed by atoms with Gasteiger partial charge < -0.3 is 14.6 Å². The molecule has 1 N–H and O–H groups in total. The van der Waals surface area contributed by atoms with Gasteiger partial charge in [-0.05, 0) is 48.7 Å². The van der Waals surface area contributed by atoms with Crippen molar-refractivity contribution >= 4 is 5.91 Å². The standard InChI is InChI=1S/C21H22FN3O2/c22-19-8-6-17(7-9-19)15-27-20-5-3-4-18(14-20)21(26)24-10-1-2-12-25-13-11-23-16-25/h3-9,11,13-14,16H,1-2,10,12,15H2,(H,24,26). The highest BCUT2D eigenvalue weighted by atomic mass is 19.1. The number of aryl methyl sites for hydroxylation is 1. The molecule has 0 saturated heterocycles. The van der Waals surface area contributed by atoms with Crippen LogP contribution in [-0.2, 0) is 13.2 Å². The Kier molecular flexibility index (Phi) is 6.57. The number of carbonyl (C=O) groups excluding carboxylic acids is 1. The molecule has 27 heavy (non-hydrogen) atoms. The van der Waals surface area contributed by atoms with E-state index in [2.05, 4.69) is 10.3 Å². The maximum absolute atomic E-state index is 12.9. The van der Waals surface area contributed by atoms with Crippen molar-refractivity contribution in [1.82, 2.24) is 14.9 Å². The van der Waals surface area contributed by atoms with E-state index in [-0.39, 0.29) is 11.7 Å². The van der Waals surface area contributed by atoms with Crippen LogP contribution < -0.4 is 10.1 Å². The minimum Gasteiger partial charge on any atom is -0.489 e. The largest absolute Gasteiger partial charge is 0.489 e. The molecule has 1 heterocycles. The minimum atomic E-state index is -0.276. The van der Waals surface area contributed by atoms with E-state index >= 15 is 0 Å². The van der Waals surface area contributed by atoms with Gasteiger partial charge in [-0.2, -0.15) is 0 Å². The van der Waals surface area contributed by atoms with Crippen molar-refractivity contribution in [2.75, 3.05) is 6.54 Å². The second kappa shape index (κ2) is 9.52. The summed E-state index contributed by atoms with van der Waals surface area (Å²) >= 11 is 0. The Morgan fingerprint density at radius 3 is 2.78 bits per heavy atom. The molecule has 0 saturated carbocycles. The highest BCUT2D eigenvalue weighted by molar-refractivity contribution is 5.94. The maximum Gasteiger partial charge on any atom is 0.251 e. The second-order valence-corrected chi connectivity index (χ2v) is 6.21. The van der Waals surface area contributed by atoms with Crippen LogP contribution in [0.4, 0.5) is 4.39 Å². The molecule has 0 aliphatic heterocycles. The first-order chi connectivity index (χ1) is 13.2. The molecule has 0 radical (unpaired) electrons. The third kappa shape index (κ3) is 5.95. The quantitative estimate of drug-likeness (QED) is 0.585. The zero-order chi connectivity index (χ0) is 18.9. The SMILES string of the molecule is O=C(NCCCCn1ccnc1)c1cccc(OCc2ccc(F)cc2)c1. The van der Waals surface area contributed by atoms with E-state index in [1.54, 1.807) is 48.9 Å². The summed E-state index contributed by atoms with van der Waals surface area (Å²) in [4.78, 5) is 16.3. The zero-order valence-corrected chi connectivity index (χ0v) is 15.0. The average molecular weight is 367 g/mol. The Labute approximate surface area is 157 Å². The number of nitrogens with zero attached hydrogens (tertiary/aromatic N) is 2. The smallest absolute Gasteiger partial charge is 0.251 e. The molecular formula is C21H22FN3O2. The fourth-order valence-electron chi connectivity index (χ4n) is 2.62. The molecule has 1 aromatic heterocycles. The molecule has 6 heteroatoms. The molecule has 2 aromatic carbocycles. The van der Waals surface area contributed by atoms with Crippen LogP contribution in [0.2, 0.25) is 0 Å². The molecule has 0 unspecified atom stereocenters. The summed E-state index contributed by atoms with van der Waals surface area (Å²) in [5.41, 5.74) is 1.42. The number of rotatable bonds is 9. The summed E-state index contributed by atoms with van der Waals surface area (Å²) in [5, 5.41) is 2.93. The molecule has 0 aliphatic rings. The van der Waals surface area contributed by atoms with Gasteiger partial charge in [-0.15, -0.1) is 0 Å². The molecule has 0 spiro atoms. The summed E-state index contributed by atoms with van der Waals surface area (Å²) in [6, 6.07) is 13.2. The molecule has 3 aromatic rings. The van der Waals surface area contributed by atoms with Crippen molar-refractivity contribution in [2.24, 2.45) is 0 Å². The van der Waals surface area contributed by atoms with E-state index in [4.69, 9.17) is 4.74 Å². The molecule has 0 atom stereocenters. The van der Waals surface area contributed by atoms with E-state index in [0.717, 1.165) is 24.9 Å². The van der Waals surface area contributed by atoms with E-state index in [9.17, 15) is 9.18 Å². The highest BCUT2D eigenvalue weighted by Gasteiger charge is 2.06. The Balaban J connectivity index is 1.43. The molecule has 0 fully saturated rings. The van der Waals surface area contributed by atoms with Gasteiger partial charge in [0.1, 0.15) is 18.2 Å². The molecule has 0 bridgehead atoms. The van der Waals surface area contributed by atoms with Gasteiger partial charge in [-0.3, -0.25) is 4.79 Å². The van der Waals surface area contributed by atoms with E-state index in [1.807, 2.05) is 10.8 Å². The summed E-state index contributed by atoms with van der Waals surface area (Å²) in [6.07, 6.45) is 7.33. The molecule has 5 nitrogen and oxygen atoms in total. The lowest BCUT2D eigenvalue weighted by molar-refractivity contribution is 0.0952. The van der Waals surface area contributed by atoms with Crippen molar-refractivity contribution in [3.8, 4) is 5.75 Å². The highest BCUT2D eigenvalue weighted by Crippen LogP contribution is 2.15. The van der Waals surface area contributed by atoms with Crippen molar-refractivity contribution in [3.63, 3.8) is 0 Å². The number of imidazole rings is 1. The third-order valence-corrected chi connectivity index (χ3v) is 4.10. The Hall–Kier alpha value is -3.15. The van der Waals surface area contributed by atoms with E-state index in [1.165, 1.54) is 12.1 Å². The van der Waals surface area contributed by atoms with Gasteiger partial charge in [0.25, 0.3) is 5.91 Å². The second-order valence-electron chi connectivity index (χ2n) is 6.21. The summed E-state index contributed by atoms with van der Waals surface area (Å²) in [7, 11) is 0. The first-order valence-corrected chi connectivity index (χ1v) is 8.92. The normalized spacial score (nSPS) is 10.6. The third-order valence-electron chi connectivity index (χ3n) is 4.10. The minimum absolute atomic E-state index is 0.120. The van der Waals surface area contributed by atoms with E-state index in [0.29, 0.717) is 24.5 Å². The molecule has 140 valence electrons. The van der Waals surface area contributed by atoms with Gasteiger partial charge in [0.05, 0.1) is 6.33 Å². The van der Waals surface area contributed by atoms with Gasteiger partial charge in [0.2, 0.25) is 0 Å². The zero-order valence-electron chi connectivity index (χ0n) is 15.0. The fraction of sp³-hybridized carbons (Fsp3) is 0.238. The number of hydrogen-bond donors (Lipinski definition) is 1. The number of amides is 1. The number of nitrogens with one attached hydrogen (secondary N) is 1. The lowest BCUT2D eigenvalue weighted by atomic mass is 10.2. The van der Waals surface area contributed by atoms with Gasteiger partial charge in [-0.25, -0.2) is 9.37 Å². The Morgan fingerprint density at radius 1 is 1.15 bits per heavy atom. The van der Waals surface area contributed by atoms with E-state index < -0.39 is 0 Å². The number of benzene rings is 2. The van der Waals surface area contributed by atoms with Crippen LogP contribution >= 0.6 is 0 Å². The monoisotopic (exact) mass is 367 g/mol. The molecule has 1 amide bonds. The topological polar surface area (TPSA) is 56.2 Å². The van der Waals surface area contributed by atoms with Crippen LogP contribution in [0.5, 0.6) is 5.75 Å². The van der Waals surface area contributed by atoms with Crippen LogP contribution in [0.15, 0.2) is 67.3 Å². The number of aromatic nitrogens is 2. The van der Waals surface area contributed by atoms with Gasteiger partial charge >= 0.3 is 0 Å². The Bertz CT molecular complexity index is 848. The molecular weight excluding hydrogens is 345 g/mol. The lowest BCUT2D eigenvalue weighted by Gasteiger charge is -2.09. The number of unbranched alkanes of at least 4 members (excludes halogenated alkanes) is 1. The predicted octanol–water partition coefficient (Wildman–Crippen LogP) is 3.81. The van der Waals surface area contributed by atoms with Crippen molar-refractivity contribution < 1.29 is 13.9 Å². The van der Waals surface area contributed by atoms with Crippen LogP contribution in [0.1, 0.15) is 28.8 Å². The number of carbonyl (C=O) groups is 1. The Morgan fingerprint density at radius 2 is 2.00 bits per heavy atom. The van der Waals surface area contributed by atoms with Crippen molar-refractivity contribution in [1.29, 1.82) is 0 Å². The maximum atomic E-state index is 12.9. The predicted molar refractivity (Wildman–Crippen MR) is 101 cm³/mol. The van der Waals surface area contributed by atoms with Crippen LogP contribution in [0.25, 0.3) is 0 Å². The lowest BCUT2D eigenvalue weighted by Crippen LogP contribution is -2.24. The van der Waals surface area contributed by atoms with Crippen LogP contribution in [-0.4, -0.2) is 22.0 Å². The summed E-state index contributed by atoms with van der Waals surface area (Å²) in [6.45, 7) is 1.83. The van der Waals surface area contributed by atoms with Crippen molar-refractivity contribution in [3.05, 3.63) is 84.2 Å². The molecule has 3 rings (SSSR count). The van der Waals surface area contributed by atoms with Crippen molar-refractivity contribution in [2.45, 2.75) is 26.0 Å².